The van der Waals surface area contributed by atoms with Crippen molar-refractivity contribution in [3.05, 3.63) is 36.5 Å². The molecule has 0 heterocycles. The van der Waals surface area contributed by atoms with E-state index in [0.29, 0.717) is 12.8 Å². The monoisotopic (exact) mass is 1100 g/mol. The predicted molar refractivity (Wildman–Crippen MR) is 344 cm³/mol. The molecule has 6 nitrogen and oxygen atoms in total. The molecule has 0 aromatic heterocycles. The quantitative estimate of drug-likeness (QED) is 0.0308. The summed E-state index contributed by atoms with van der Waals surface area (Å²) in [5.41, 5.74) is 0. The zero-order chi connectivity index (χ0) is 56.6. The Morgan fingerprint density at radius 2 is 0.564 bits per heavy atom. The number of hydrogen-bond acceptors (Lipinski definition) is 5. The first-order valence-electron chi connectivity index (χ1n) is 35.4. The lowest BCUT2D eigenvalue weighted by atomic mass is 10.00. The maximum absolute atomic E-state index is 12.7. The minimum atomic E-state index is -1.28. The Bertz CT molecular complexity index is 1230. The maximum atomic E-state index is 12.7. The van der Waals surface area contributed by atoms with Crippen LogP contribution in [0.25, 0.3) is 0 Å². The number of unbranched alkanes of at least 4 members (excludes halogenated alkanes) is 51. The van der Waals surface area contributed by atoms with E-state index in [1.54, 1.807) is 0 Å². The summed E-state index contributed by atoms with van der Waals surface area (Å²) >= 11 is 0. The molecular weight excluding hydrogens is 959 g/mol. The molecule has 6 heteroatoms. The van der Waals surface area contributed by atoms with E-state index in [-0.39, 0.29) is 0 Å². The number of carbonyl (C=O) groups excluding carboxylic acids is 1. The largest absolute Gasteiger partial charge is 0.394 e. The van der Waals surface area contributed by atoms with Crippen LogP contribution in [0.15, 0.2) is 36.5 Å². The molecule has 0 radical (unpaired) electrons. The molecule has 0 aliphatic heterocycles. The Kier molecular flexibility index (Phi) is 65.1. The van der Waals surface area contributed by atoms with Crippen molar-refractivity contribution in [1.82, 2.24) is 5.32 Å². The summed E-state index contributed by atoms with van der Waals surface area (Å²) < 4.78 is 0. The second-order valence-corrected chi connectivity index (χ2v) is 24.6. The first kappa shape index (κ1) is 76.5. The van der Waals surface area contributed by atoms with E-state index in [4.69, 9.17) is 0 Å². The van der Waals surface area contributed by atoms with Gasteiger partial charge in [0, 0.05) is 0 Å². The average Bonchev–Trinajstić information content (AvgIpc) is 3.45. The Balaban J connectivity index is 3.57. The van der Waals surface area contributed by atoms with Gasteiger partial charge in [0.1, 0.15) is 12.2 Å². The average molecular weight is 1100 g/mol. The molecule has 0 aromatic rings. The molecule has 4 unspecified atom stereocenters. The van der Waals surface area contributed by atoms with Gasteiger partial charge in [-0.2, -0.15) is 0 Å². The van der Waals surface area contributed by atoms with E-state index in [1.165, 1.54) is 315 Å². The normalized spacial score (nSPS) is 13.7. The number of aliphatic hydroxyl groups is 4. The number of amides is 1. The number of nitrogens with one attached hydrogen (secondary N) is 1. The molecule has 78 heavy (non-hydrogen) atoms. The van der Waals surface area contributed by atoms with E-state index in [2.05, 4.69) is 55.6 Å². The van der Waals surface area contributed by atoms with Crippen LogP contribution in [-0.2, 0) is 4.79 Å². The van der Waals surface area contributed by atoms with Crippen molar-refractivity contribution in [1.29, 1.82) is 0 Å². The van der Waals surface area contributed by atoms with Crippen molar-refractivity contribution < 1.29 is 25.2 Å². The topological polar surface area (TPSA) is 110 Å². The third-order valence-electron chi connectivity index (χ3n) is 16.8. The van der Waals surface area contributed by atoms with Crippen LogP contribution >= 0.6 is 0 Å². The van der Waals surface area contributed by atoms with Gasteiger partial charge in [-0.25, -0.2) is 0 Å². The fraction of sp³-hybridized carbons (Fsp3) is 0.903. The molecule has 1 amide bonds. The van der Waals surface area contributed by atoms with Gasteiger partial charge in [-0.15, -0.1) is 0 Å². The second-order valence-electron chi connectivity index (χ2n) is 24.6. The smallest absolute Gasteiger partial charge is 0.249 e. The molecule has 5 N–H and O–H groups in total. The van der Waals surface area contributed by atoms with Gasteiger partial charge < -0.3 is 25.7 Å². The van der Waals surface area contributed by atoms with Gasteiger partial charge in [0.15, 0.2) is 0 Å². The molecule has 4 atom stereocenters. The van der Waals surface area contributed by atoms with Crippen LogP contribution in [0.5, 0.6) is 0 Å². The van der Waals surface area contributed by atoms with Crippen molar-refractivity contribution in [3.8, 4) is 0 Å². The number of rotatable bonds is 66. The number of allylic oxidation sites excluding steroid dienone is 6. The van der Waals surface area contributed by atoms with Gasteiger partial charge in [-0.1, -0.05) is 352 Å². The molecule has 0 aliphatic rings. The molecule has 0 fully saturated rings. The molecule has 0 saturated carbocycles. The van der Waals surface area contributed by atoms with Crippen LogP contribution in [0, 0.1) is 0 Å². The molecule has 0 saturated heterocycles. The molecule has 0 aliphatic carbocycles. The molecular formula is C72H139NO5. The van der Waals surface area contributed by atoms with Crippen molar-refractivity contribution >= 4 is 5.91 Å². The minimum Gasteiger partial charge on any atom is -0.394 e. The maximum Gasteiger partial charge on any atom is 0.249 e. The molecule has 0 rings (SSSR count). The highest BCUT2D eigenvalue weighted by molar-refractivity contribution is 5.80. The van der Waals surface area contributed by atoms with E-state index in [0.717, 1.165) is 44.9 Å². The van der Waals surface area contributed by atoms with Crippen LogP contribution in [0.4, 0.5) is 0 Å². The van der Waals surface area contributed by atoms with Gasteiger partial charge in [0.25, 0.3) is 0 Å². The van der Waals surface area contributed by atoms with Gasteiger partial charge >= 0.3 is 0 Å². The van der Waals surface area contributed by atoms with Crippen LogP contribution < -0.4 is 5.32 Å². The summed E-state index contributed by atoms with van der Waals surface area (Å²) in [6.45, 7) is 4.09. The Labute approximate surface area is 487 Å². The van der Waals surface area contributed by atoms with Crippen molar-refractivity contribution in [3.63, 3.8) is 0 Å². The Hall–Kier alpha value is -1.47. The van der Waals surface area contributed by atoms with Crippen LogP contribution in [0.2, 0.25) is 0 Å². The standard InChI is InChI=1S/C72H139NO5/c1-3-5-7-9-11-13-15-17-19-21-23-25-27-29-31-33-35-36-38-40-42-44-46-48-50-52-54-56-58-60-62-64-66-70(76)72(78)73-68(67-74)71(77)69(75)65-63-61-59-57-55-53-51-49-47-45-43-41-39-37-34-32-30-28-26-24-22-20-18-16-14-12-10-8-6-4-2/h23,25,29,31,57,59,68-71,74-77H,3-22,24,26-28,30,32-56,58,60-67H2,1-2H3,(H,73,78)/b25-23-,31-29-,59-57+. The van der Waals surface area contributed by atoms with Crippen LogP contribution in [-0.4, -0.2) is 57.3 Å². The molecule has 0 bridgehead atoms. The van der Waals surface area contributed by atoms with E-state index < -0.39 is 36.9 Å². The van der Waals surface area contributed by atoms with Gasteiger partial charge in [0.05, 0.1) is 18.8 Å². The highest BCUT2D eigenvalue weighted by Gasteiger charge is 2.28. The Morgan fingerprint density at radius 3 is 0.846 bits per heavy atom. The lowest BCUT2D eigenvalue weighted by molar-refractivity contribution is -0.132. The van der Waals surface area contributed by atoms with Gasteiger partial charge in [-0.05, 0) is 70.6 Å². The highest BCUT2D eigenvalue weighted by atomic mass is 16.3. The Morgan fingerprint density at radius 1 is 0.321 bits per heavy atom. The third-order valence-corrected chi connectivity index (χ3v) is 16.8. The zero-order valence-corrected chi connectivity index (χ0v) is 52.7. The van der Waals surface area contributed by atoms with Gasteiger partial charge in [0.2, 0.25) is 5.91 Å². The summed E-state index contributed by atoms with van der Waals surface area (Å²) in [7, 11) is 0. The lowest BCUT2D eigenvalue weighted by Crippen LogP contribution is -2.53. The summed E-state index contributed by atoms with van der Waals surface area (Å²) in [6, 6.07) is -1.00. The lowest BCUT2D eigenvalue weighted by Gasteiger charge is -2.27. The molecule has 0 aromatic carbocycles. The number of aliphatic hydroxyl groups excluding tert-OH is 4. The number of hydrogen-bond donors (Lipinski definition) is 5. The fourth-order valence-electron chi connectivity index (χ4n) is 11.3. The molecule has 462 valence electrons. The first-order valence-corrected chi connectivity index (χ1v) is 35.4. The van der Waals surface area contributed by atoms with Crippen LogP contribution in [0.1, 0.15) is 386 Å². The van der Waals surface area contributed by atoms with E-state index in [1.807, 2.05) is 0 Å². The SMILES string of the molecule is CCCCCCCCCCC/C=C\C/C=C\CCCCCCCCCCCCCCCCCCC(O)C(=O)NC(CO)C(O)C(O)CCC/C=C/CCCCCCCCCCCCCCCCCCCCCCCCCCC. The highest BCUT2D eigenvalue weighted by Crippen LogP contribution is 2.19. The van der Waals surface area contributed by atoms with Crippen LogP contribution in [0.3, 0.4) is 0 Å². The summed E-state index contributed by atoms with van der Waals surface area (Å²) in [5.74, 6) is -0.587. The number of carbonyl (C=O) groups is 1. The zero-order valence-electron chi connectivity index (χ0n) is 52.7. The summed E-state index contributed by atoms with van der Waals surface area (Å²) in [6.07, 6.45) is 85.6. The molecule has 0 spiro atoms. The van der Waals surface area contributed by atoms with E-state index >= 15 is 0 Å². The summed E-state index contributed by atoms with van der Waals surface area (Å²) in [5, 5.41) is 44.2. The van der Waals surface area contributed by atoms with Crippen molar-refractivity contribution in [2.45, 2.75) is 411 Å². The van der Waals surface area contributed by atoms with E-state index in [9.17, 15) is 25.2 Å². The minimum absolute atomic E-state index is 0.365. The van der Waals surface area contributed by atoms with Crippen molar-refractivity contribution in [2.24, 2.45) is 0 Å². The first-order chi connectivity index (χ1) is 38.5. The fourth-order valence-corrected chi connectivity index (χ4v) is 11.3. The summed E-state index contributed by atoms with van der Waals surface area (Å²) in [4.78, 5) is 12.7. The second kappa shape index (κ2) is 66.3. The third kappa shape index (κ3) is 59.2. The van der Waals surface area contributed by atoms with Crippen molar-refractivity contribution in [2.75, 3.05) is 6.61 Å². The predicted octanol–water partition coefficient (Wildman–Crippen LogP) is 21.9. The van der Waals surface area contributed by atoms with Gasteiger partial charge in [-0.3, -0.25) is 4.79 Å².